The summed E-state index contributed by atoms with van der Waals surface area (Å²) < 4.78 is 0. The summed E-state index contributed by atoms with van der Waals surface area (Å²) in [6.45, 7) is 5.13. The number of aromatic nitrogens is 2. The molecule has 5 rings (SSSR count). The molecule has 1 amide bonds. The molecule has 2 aliphatic rings. The van der Waals surface area contributed by atoms with Gasteiger partial charge in [0.15, 0.2) is 0 Å². The molecule has 4 heterocycles. The number of benzene rings is 1. The second-order valence-electron chi connectivity index (χ2n) is 7.76. The highest BCUT2D eigenvalue weighted by atomic mass is 32.1. The van der Waals surface area contributed by atoms with Crippen LogP contribution in [0, 0.1) is 0 Å². The van der Waals surface area contributed by atoms with Gasteiger partial charge in [0.2, 0.25) is 0 Å². The average molecular weight is 420 g/mol. The van der Waals surface area contributed by atoms with Crippen LogP contribution in [0.4, 0.5) is 11.6 Å². The van der Waals surface area contributed by atoms with Crippen molar-refractivity contribution in [2.45, 2.75) is 12.8 Å². The summed E-state index contributed by atoms with van der Waals surface area (Å²) in [5.41, 5.74) is 1.91. The monoisotopic (exact) mass is 419 g/mol. The maximum atomic E-state index is 12.9. The van der Waals surface area contributed by atoms with Gasteiger partial charge in [-0.15, -0.1) is 11.3 Å². The van der Waals surface area contributed by atoms with Gasteiger partial charge < -0.3 is 14.7 Å². The van der Waals surface area contributed by atoms with Gasteiger partial charge in [-0.05, 0) is 42.0 Å². The number of nitrogens with zero attached hydrogens (tertiary/aromatic N) is 5. The molecular weight excluding hydrogens is 394 g/mol. The van der Waals surface area contributed by atoms with Gasteiger partial charge in [0.1, 0.15) is 18.0 Å². The van der Waals surface area contributed by atoms with Crippen molar-refractivity contribution in [1.82, 2.24) is 14.9 Å². The molecule has 2 aromatic heterocycles. The van der Waals surface area contributed by atoms with Crippen LogP contribution in [0.15, 0.2) is 54.2 Å². The first kappa shape index (κ1) is 19.1. The van der Waals surface area contributed by atoms with Gasteiger partial charge in [0, 0.05) is 55.8 Å². The Balaban J connectivity index is 1.21. The molecule has 0 bridgehead atoms. The molecule has 7 heteroatoms. The molecular formula is C23H25N5OS. The predicted molar refractivity (Wildman–Crippen MR) is 121 cm³/mol. The van der Waals surface area contributed by atoms with Gasteiger partial charge in [0.25, 0.3) is 5.91 Å². The van der Waals surface area contributed by atoms with Crippen molar-refractivity contribution < 1.29 is 4.79 Å². The molecule has 0 N–H and O–H groups in total. The third-order valence-electron chi connectivity index (χ3n) is 5.90. The lowest BCUT2D eigenvalue weighted by Gasteiger charge is -2.35. The molecule has 2 saturated heterocycles. The zero-order valence-corrected chi connectivity index (χ0v) is 17.7. The van der Waals surface area contributed by atoms with E-state index < -0.39 is 0 Å². The molecule has 3 aromatic rings. The van der Waals surface area contributed by atoms with E-state index in [4.69, 9.17) is 0 Å². The number of amides is 1. The first-order chi connectivity index (χ1) is 14.8. The standard InChI is InChI=1S/C23H25N5OS/c29-23(19-7-5-18(6-8-19)20-4-3-15-30-20)28-13-11-27(12-14-28)22-16-21(24-17-25-22)26-9-1-2-10-26/h3-8,15-17H,1-2,9-14H2. The summed E-state index contributed by atoms with van der Waals surface area (Å²) in [5, 5.41) is 2.07. The van der Waals surface area contributed by atoms with Gasteiger partial charge in [-0.25, -0.2) is 9.97 Å². The fourth-order valence-corrected chi connectivity index (χ4v) is 4.90. The molecule has 6 nitrogen and oxygen atoms in total. The van der Waals surface area contributed by atoms with E-state index in [0.29, 0.717) is 13.1 Å². The highest BCUT2D eigenvalue weighted by Crippen LogP contribution is 2.26. The highest BCUT2D eigenvalue weighted by molar-refractivity contribution is 7.13. The van der Waals surface area contributed by atoms with Crippen molar-refractivity contribution >= 4 is 28.9 Å². The van der Waals surface area contributed by atoms with Crippen LogP contribution in [0.25, 0.3) is 10.4 Å². The zero-order valence-electron chi connectivity index (χ0n) is 16.9. The van der Waals surface area contributed by atoms with E-state index in [1.54, 1.807) is 17.7 Å². The SMILES string of the molecule is O=C(c1ccc(-c2cccs2)cc1)N1CCN(c2cc(N3CCCC3)ncn2)CC1. The third-order valence-corrected chi connectivity index (χ3v) is 6.82. The second kappa shape index (κ2) is 8.44. The van der Waals surface area contributed by atoms with Gasteiger partial charge in [-0.3, -0.25) is 4.79 Å². The average Bonchev–Trinajstić information content (AvgIpc) is 3.54. The maximum Gasteiger partial charge on any atom is 0.253 e. The van der Waals surface area contributed by atoms with Gasteiger partial charge in [-0.2, -0.15) is 0 Å². The molecule has 0 saturated carbocycles. The predicted octanol–water partition coefficient (Wildman–Crippen LogP) is 3.77. The number of hydrogen-bond donors (Lipinski definition) is 0. The lowest BCUT2D eigenvalue weighted by Crippen LogP contribution is -2.49. The minimum Gasteiger partial charge on any atom is -0.356 e. The Labute approximate surface area is 180 Å². The van der Waals surface area contributed by atoms with E-state index in [1.807, 2.05) is 35.2 Å². The number of hydrogen-bond acceptors (Lipinski definition) is 6. The normalized spacial score (nSPS) is 16.9. The molecule has 2 fully saturated rings. The minimum absolute atomic E-state index is 0.104. The molecule has 0 aliphatic carbocycles. The smallest absolute Gasteiger partial charge is 0.253 e. The fourth-order valence-electron chi connectivity index (χ4n) is 4.17. The molecule has 30 heavy (non-hydrogen) atoms. The van der Waals surface area contributed by atoms with Crippen LogP contribution >= 0.6 is 11.3 Å². The van der Waals surface area contributed by atoms with Crippen molar-refractivity contribution in [3.05, 3.63) is 59.7 Å². The topological polar surface area (TPSA) is 52.6 Å². The Morgan fingerprint density at radius 1 is 0.833 bits per heavy atom. The number of anilines is 2. The van der Waals surface area contributed by atoms with Crippen LogP contribution in [0.3, 0.4) is 0 Å². The molecule has 2 aliphatic heterocycles. The Bertz CT molecular complexity index is 991. The van der Waals surface area contributed by atoms with Crippen LogP contribution in [0.1, 0.15) is 23.2 Å². The number of carbonyl (C=O) groups excluding carboxylic acids is 1. The van der Waals surface area contributed by atoms with Crippen LogP contribution in [0.5, 0.6) is 0 Å². The van der Waals surface area contributed by atoms with E-state index in [2.05, 4.69) is 37.3 Å². The zero-order chi connectivity index (χ0) is 20.3. The molecule has 0 unspecified atom stereocenters. The van der Waals surface area contributed by atoms with Crippen molar-refractivity contribution in [1.29, 1.82) is 0 Å². The highest BCUT2D eigenvalue weighted by Gasteiger charge is 2.24. The number of thiophene rings is 1. The molecule has 0 radical (unpaired) electrons. The Kier molecular flexibility index (Phi) is 5.36. The van der Waals surface area contributed by atoms with Crippen LogP contribution in [-0.4, -0.2) is 60.0 Å². The Morgan fingerprint density at radius 3 is 2.13 bits per heavy atom. The molecule has 154 valence electrons. The minimum atomic E-state index is 0.104. The first-order valence-electron chi connectivity index (χ1n) is 10.5. The lowest BCUT2D eigenvalue weighted by atomic mass is 10.1. The van der Waals surface area contributed by atoms with Crippen molar-refractivity contribution in [2.75, 3.05) is 49.1 Å². The summed E-state index contributed by atoms with van der Waals surface area (Å²) in [5.74, 6) is 2.08. The van der Waals surface area contributed by atoms with E-state index in [-0.39, 0.29) is 5.91 Å². The summed E-state index contributed by atoms with van der Waals surface area (Å²) in [7, 11) is 0. The lowest BCUT2D eigenvalue weighted by molar-refractivity contribution is 0.0746. The fraction of sp³-hybridized carbons (Fsp3) is 0.348. The third kappa shape index (κ3) is 3.89. The summed E-state index contributed by atoms with van der Waals surface area (Å²) in [6.07, 6.45) is 4.12. The summed E-state index contributed by atoms with van der Waals surface area (Å²) in [4.78, 5) is 29.6. The Morgan fingerprint density at radius 2 is 1.50 bits per heavy atom. The van der Waals surface area contributed by atoms with E-state index in [0.717, 1.165) is 48.9 Å². The van der Waals surface area contributed by atoms with Crippen LogP contribution in [-0.2, 0) is 0 Å². The van der Waals surface area contributed by atoms with Crippen molar-refractivity contribution in [3.8, 4) is 10.4 Å². The van der Waals surface area contributed by atoms with Gasteiger partial charge >= 0.3 is 0 Å². The first-order valence-corrected chi connectivity index (χ1v) is 11.4. The molecule has 0 atom stereocenters. The molecule has 0 spiro atoms. The van der Waals surface area contributed by atoms with E-state index >= 15 is 0 Å². The number of rotatable bonds is 4. The van der Waals surface area contributed by atoms with Crippen molar-refractivity contribution in [2.24, 2.45) is 0 Å². The van der Waals surface area contributed by atoms with Crippen LogP contribution in [0.2, 0.25) is 0 Å². The summed E-state index contributed by atoms with van der Waals surface area (Å²) >= 11 is 1.71. The number of carbonyl (C=O) groups is 1. The van der Waals surface area contributed by atoms with Gasteiger partial charge in [0.05, 0.1) is 0 Å². The molecule has 1 aromatic carbocycles. The quantitative estimate of drug-likeness (QED) is 0.644. The van der Waals surface area contributed by atoms with Crippen LogP contribution < -0.4 is 9.80 Å². The maximum absolute atomic E-state index is 12.9. The number of piperazine rings is 1. The van der Waals surface area contributed by atoms with Gasteiger partial charge in [-0.1, -0.05) is 18.2 Å². The van der Waals surface area contributed by atoms with E-state index in [9.17, 15) is 4.79 Å². The second-order valence-corrected chi connectivity index (χ2v) is 8.71. The largest absolute Gasteiger partial charge is 0.356 e. The summed E-state index contributed by atoms with van der Waals surface area (Å²) in [6, 6.07) is 14.2. The van der Waals surface area contributed by atoms with Crippen molar-refractivity contribution in [3.63, 3.8) is 0 Å². The Hall–Kier alpha value is -2.93. The van der Waals surface area contributed by atoms with E-state index in [1.165, 1.54) is 17.7 Å².